The predicted molar refractivity (Wildman–Crippen MR) is 230 cm³/mol. The number of benzene rings is 7. The number of anilines is 2. The number of fused-ring (bicyclic) bond motifs is 11. The average Bonchev–Trinajstić information content (AvgIpc) is 3.96. The van der Waals surface area contributed by atoms with Crippen LogP contribution in [-0.2, 0) is 0 Å². The van der Waals surface area contributed by atoms with Crippen LogP contribution >= 0.6 is 11.3 Å². The Morgan fingerprint density at radius 1 is 0.582 bits per heavy atom. The third kappa shape index (κ3) is 4.51. The van der Waals surface area contributed by atoms with Gasteiger partial charge in [-0.3, -0.25) is 4.57 Å². The number of hydrogen-bond donors (Lipinski definition) is 0. The minimum Gasteiger partial charge on any atom is -0.333 e. The highest BCUT2D eigenvalue weighted by molar-refractivity contribution is 7.17. The van der Waals surface area contributed by atoms with E-state index in [2.05, 4.69) is 191 Å². The zero-order valence-corrected chi connectivity index (χ0v) is 30.5. The highest BCUT2D eigenvalue weighted by atomic mass is 32.1. The molecular weight excluding hydrogens is 689 g/mol. The second kappa shape index (κ2) is 11.8. The lowest BCUT2D eigenvalue weighted by atomic mass is 9.81. The number of nitrogens with zero attached hydrogens (tertiary/aromatic N) is 4. The fourth-order valence-electron chi connectivity index (χ4n) is 9.28. The van der Waals surface area contributed by atoms with E-state index in [0.717, 1.165) is 32.5 Å². The van der Waals surface area contributed by atoms with Crippen LogP contribution < -0.4 is 4.90 Å². The Morgan fingerprint density at radius 3 is 2.29 bits per heavy atom. The summed E-state index contributed by atoms with van der Waals surface area (Å²) in [6.07, 6.45) is 4.71. The zero-order valence-electron chi connectivity index (χ0n) is 29.7. The maximum Gasteiger partial charge on any atom is 0.235 e. The molecule has 0 saturated heterocycles. The summed E-state index contributed by atoms with van der Waals surface area (Å²) in [6, 6.07) is 59.6. The molecule has 12 rings (SSSR count). The summed E-state index contributed by atoms with van der Waals surface area (Å²) >= 11 is 1.69. The topological polar surface area (TPSA) is 34.0 Å². The van der Waals surface area contributed by atoms with Crippen molar-refractivity contribution in [2.24, 2.45) is 0 Å². The number of rotatable bonds is 4. The van der Waals surface area contributed by atoms with Gasteiger partial charge in [-0.25, -0.2) is 9.97 Å². The van der Waals surface area contributed by atoms with Gasteiger partial charge in [-0.15, -0.1) is 11.3 Å². The van der Waals surface area contributed by atoms with Crippen LogP contribution in [0, 0.1) is 0 Å². The maximum absolute atomic E-state index is 5.37. The maximum atomic E-state index is 5.37. The highest BCUT2D eigenvalue weighted by Gasteiger charge is 2.42. The Kier molecular flexibility index (Phi) is 6.59. The molecule has 0 bridgehead atoms. The van der Waals surface area contributed by atoms with Crippen LogP contribution in [-0.4, -0.2) is 20.6 Å². The molecular formula is C50H32N4S. The summed E-state index contributed by atoms with van der Waals surface area (Å²) < 4.78 is 3.39. The summed E-state index contributed by atoms with van der Waals surface area (Å²) in [5.74, 6) is 0.913. The third-order valence-corrected chi connectivity index (χ3v) is 12.5. The van der Waals surface area contributed by atoms with Gasteiger partial charge in [-0.1, -0.05) is 146 Å². The molecule has 3 aromatic heterocycles. The minimum absolute atomic E-state index is 0.174. The molecule has 55 heavy (non-hydrogen) atoms. The van der Waals surface area contributed by atoms with Crippen molar-refractivity contribution >= 4 is 71.6 Å². The Morgan fingerprint density at radius 2 is 1.38 bits per heavy atom. The average molecular weight is 721 g/mol. The van der Waals surface area contributed by atoms with Gasteiger partial charge in [-0.05, 0) is 63.4 Å². The van der Waals surface area contributed by atoms with Crippen molar-refractivity contribution in [3.63, 3.8) is 0 Å². The summed E-state index contributed by atoms with van der Waals surface area (Å²) in [5.41, 5.74) is 14.2. The number of hydrogen-bond acceptors (Lipinski definition) is 4. The van der Waals surface area contributed by atoms with Crippen LogP contribution in [0.25, 0.3) is 77.2 Å². The summed E-state index contributed by atoms with van der Waals surface area (Å²) in [6.45, 7) is 0. The minimum atomic E-state index is 0.174. The lowest BCUT2D eigenvalue weighted by Gasteiger charge is -2.32. The molecule has 5 heteroatoms. The van der Waals surface area contributed by atoms with Crippen molar-refractivity contribution in [3.05, 3.63) is 192 Å². The van der Waals surface area contributed by atoms with E-state index < -0.39 is 0 Å². The number of para-hydroxylation sites is 2. The molecule has 0 N–H and O–H groups in total. The predicted octanol–water partition coefficient (Wildman–Crippen LogP) is 13.0. The molecule has 0 saturated carbocycles. The van der Waals surface area contributed by atoms with Crippen molar-refractivity contribution in [2.75, 3.05) is 4.90 Å². The molecule has 2 unspecified atom stereocenters. The largest absolute Gasteiger partial charge is 0.333 e. The molecule has 258 valence electrons. The standard InChI is InChI=1S/C50H32N4S/c1-3-14-33(15-4-1)46-49-42(28-29-55-49)51-50(52-46)54-43-26-24-34(30-41(43)39-25-22-32-13-8-10-19-37(32)47(39)54)38-20-11-21-40-45-36-18-9-7-12-31(36)23-27-44(45)53(48(38)40)35-16-5-2-6-17-35/h1-30,44-45H. The first-order chi connectivity index (χ1) is 27.3. The van der Waals surface area contributed by atoms with E-state index in [9.17, 15) is 0 Å². The number of aromatic nitrogens is 3. The van der Waals surface area contributed by atoms with Gasteiger partial charge in [0.2, 0.25) is 5.95 Å². The van der Waals surface area contributed by atoms with E-state index in [-0.39, 0.29) is 12.0 Å². The molecule has 1 aliphatic carbocycles. The smallest absolute Gasteiger partial charge is 0.235 e. The van der Waals surface area contributed by atoms with Crippen molar-refractivity contribution < 1.29 is 0 Å². The summed E-state index contributed by atoms with van der Waals surface area (Å²) in [4.78, 5) is 13.2. The van der Waals surface area contributed by atoms with Gasteiger partial charge in [0.15, 0.2) is 0 Å². The number of thiophene rings is 1. The van der Waals surface area contributed by atoms with Crippen LogP contribution in [0.4, 0.5) is 11.4 Å². The van der Waals surface area contributed by atoms with E-state index in [1.807, 2.05) is 0 Å². The molecule has 1 aliphatic heterocycles. The molecule has 2 atom stereocenters. The Hall–Kier alpha value is -6.82. The van der Waals surface area contributed by atoms with Gasteiger partial charge in [-0.2, -0.15) is 0 Å². The van der Waals surface area contributed by atoms with Gasteiger partial charge >= 0.3 is 0 Å². The molecule has 2 aliphatic rings. The van der Waals surface area contributed by atoms with E-state index >= 15 is 0 Å². The first kappa shape index (κ1) is 30.6. The van der Waals surface area contributed by atoms with Crippen LogP contribution in [0.5, 0.6) is 0 Å². The van der Waals surface area contributed by atoms with E-state index in [1.54, 1.807) is 11.3 Å². The van der Waals surface area contributed by atoms with Crippen molar-refractivity contribution in [1.82, 2.24) is 14.5 Å². The molecule has 0 fully saturated rings. The van der Waals surface area contributed by atoms with Crippen molar-refractivity contribution in [3.8, 4) is 28.3 Å². The Labute approximate surface area is 321 Å². The summed E-state index contributed by atoms with van der Waals surface area (Å²) in [7, 11) is 0. The molecule has 0 amide bonds. The third-order valence-electron chi connectivity index (χ3n) is 11.6. The lowest BCUT2D eigenvalue weighted by Crippen LogP contribution is -2.30. The molecule has 0 radical (unpaired) electrons. The first-order valence-corrected chi connectivity index (χ1v) is 19.7. The van der Waals surface area contributed by atoms with Crippen LogP contribution in [0.1, 0.15) is 22.6 Å². The summed E-state index contributed by atoms with van der Waals surface area (Å²) in [5, 5.41) is 6.85. The monoisotopic (exact) mass is 720 g/mol. The highest BCUT2D eigenvalue weighted by Crippen LogP contribution is 2.55. The second-order valence-electron chi connectivity index (χ2n) is 14.5. The Balaban J connectivity index is 1.12. The van der Waals surface area contributed by atoms with Gasteiger partial charge in [0.05, 0.1) is 38.7 Å². The van der Waals surface area contributed by atoms with Crippen LogP contribution in [0.2, 0.25) is 0 Å². The molecule has 0 spiro atoms. The first-order valence-electron chi connectivity index (χ1n) is 18.8. The van der Waals surface area contributed by atoms with Crippen LogP contribution in [0.3, 0.4) is 0 Å². The zero-order chi connectivity index (χ0) is 36.0. The second-order valence-corrected chi connectivity index (χ2v) is 15.4. The fourth-order valence-corrected chi connectivity index (χ4v) is 10.1. The van der Waals surface area contributed by atoms with Gasteiger partial charge in [0.25, 0.3) is 0 Å². The molecule has 10 aromatic rings. The quantitative estimate of drug-likeness (QED) is 0.182. The SMILES string of the molecule is C1=CC2C(c3ccccc31)c1cccc(-c3ccc4c(c3)c3ccc5ccccc5c3n4-c3nc(-c4ccccc4)c4sccc4n3)c1N2c1ccccc1. The van der Waals surface area contributed by atoms with Gasteiger partial charge in [0, 0.05) is 38.9 Å². The van der Waals surface area contributed by atoms with E-state index in [4.69, 9.17) is 9.97 Å². The molecule has 4 nitrogen and oxygen atoms in total. The van der Waals surface area contributed by atoms with Gasteiger partial charge in [0.1, 0.15) is 0 Å². The van der Waals surface area contributed by atoms with Gasteiger partial charge < -0.3 is 4.90 Å². The normalized spacial score (nSPS) is 15.9. The van der Waals surface area contributed by atoms with Crippen molar-refractivity contribution in [1.29, 1.82) is 0 Å². The lowest BCUT2D eigenvalue weighted by molar-refractivity contribution is 0.725. The van der Waals surface area contributed by atoms with Crippen LogP contribution in [0.15, 0.2) is 175 Å². The Bertz CT molecular complexity index is 3180. The molecule has 4 heterocycles. The van der Waals surface area contributed by atoms with E-state index in [0.29, 0.717) is 5.95 Å². The van der Waals surface area contributed by atoms with Crippen molar-refractivity contribution in [2.45, 2.75) is 12.0 Å². The van der Waals surface area contributed by atoms with E-state index in [1.165, 1.54) is 60.7 Å². The fraction of sp³-hybridized carbons (Fsp3) is 0.0400. The molecule has 7 aromatic carbocycles.